The Hall–Kier alpha value is -2.14. The van der Waals surface area contributed by atoms with Gasteiger partial charge in [-0.25, -0.2) is 0 Å². The van der Waals surface area contributed by atoms with Crippen LogP contribution < -0.4 is 9.64 Å². The molecule has 0 unspecified atom stereocenters. The summed E-state index contributed by atoms with van der Waals surface area (Å²) in [7, 11) is 3.01. The van der Waals surface area contributed by atoms with Gasteiger partial charge in [-0.2, -0.15) is 0 Å². The van der Waals surface area contributed by atoms with Crippen molar-refractivity contribution in [2.75, 3.05) is 19.1 Å². The van der Waals surface area contributed by atoms with Gasteiger partial charge in [0.05, 0.1) is 12.8 Å². The van der Waals surface area contributed by atoms with E-state index in [0.29, 0.717) is 23.3 Å². The lowest BCUT2D eigenvalue weighted by atomic mass is 9.88. The molecule has 1 N–H and O–H groups in total. The van der Waals surface area contributed by atoms with E-state index in [1.54, 1.807) is 12.1 Å². The second-order valence-corrected chi connectivity index (χ2v) is 4.10. The van der Waals surface area contributed by atoms with Crippen molar-refractivity contribution in [3.63, 3.8) is 0 Å². The third-order valence-corrected chi connectivity index (χ3v) is 3.18. The van der Waals surface area contributed by atoms with Gasteiger partial charge in [0.25, 0.3) is 5.91 Å². The number of aldehydes is 1. The number of nitrogens with zero attached hydrogens (tertiary/aromatic N) is 1. The highest BCUT2D eigenvalue weighted by molar-refractivity contribution is 6.11. The fourth-order valence-electron chi connectivity index (χ4n) is 2.09. The lowest BCUT2D eigenvalue weighted by Gasteiger charge is -2.21. The van der Waals surface area contributed by atoms with Crippen LogP contribution in [0.2, 0.25) is 0 Å². The van der Waals surface area contributed by atoms with Crippen LogP contribution in [0.4, 0.5) is 5.69 Å². The Morgan fingerprint density at radius 3 is 2.78 bits per heavy atom. The maximum Gasteiger partial charge on any atom is 0.268 e. The monoisotopic (exact) mass is 247 g/mol. The van der Waals surface area contributed by atoms with Crippen LogP contribution in [0, 0.1) is 0 Å². The summed E-state index contributed by atoms with van der Waals surface area (Å²) < 4.78 is 5.06. The van der Waals surface area contributed by atoms with Gasteiger partial charge in [-0.05, 0) is 18.2 Å². The molecule has 0 aromatic heterocycles. The first-order valence-corrected chi connectivity index (χ1v) is 5.30. The fraction of sp³-hybridized carbons (Fsp3) is 0.231. The lowest BCUT2D eigenvalue weighted by molar-refractivity contribution is -0.133. The zero-order valence-corrected chi connectivity index (χ0v) is 10.1. The number of methoxy groups -OCH3 is 1. The minimum atomic E-state index is -2.00. The van der Waals surface area contributed by atoms with Crippen LogP contribution in [0.1, 0.15) is 5.56 Å². The Bertz CT molecular complexity index is 552. The standard InChI is InChI=1S/C13H13NO4/c1-8(7-15)13(17)10-6-9(18-3)4-5-11(10)14(2)12(13)16/h4-7,17H,1H2,2-3H3/t13-/m0/s1. The molecular formula is C13H13NO4. The first-order valence-electron chi connectivity index (χ1n) is 5.30. The minimum absolute atomic E-state index is 0.189. The first-order chi connectivity index (χ1) is 8.46. The molecule has 0 saturated carbocycles. The van der Waals surface area contributed by atoms with Crippen LogP contribution in [0.15, 0.2) is 30.4 Å². The van der Waals surface area contributed by atoms with Crippen LogP contribution in [0.3, 0.4) is 0 Å². The van der Waals surface area contributed by atoms with E-state index in [2.05, 4.69) is 6.58 Å². The number of carbonyl (C=O) groups is 2. The molecule has 1 atom stereocenters. The SMILES string of the molecule is C=C(C=O)[C@@]1(O)C(=O)N(C)c2ccc(OC)cc21. The molecule has 1 heterocycles. The van der Waals surface area contributed by atoms with Crippen molar-refractivity contribution in [2.24, 2.45) is 0 Å². The van der Waals surface area contributed by atoms with Gasteiger partial charge in [0.2, 0.25) is 0 Å². The highest BCUT2D eigenvalue weighted by atomic mass is 16.5. The molecule has 0 spiro atoms. The smallest absolute Gasteiger partial charge is 0.268 e. The van der Waals surface area contributed by atoms with Gasteiger partial charge in [-0.3, -0.25) is 9.59 Å². The van der Waals surface area contributed by atoms with Crippen LogP contribution in [0.25, 0.3) is 0 Å². The number of anilines is 1. The largest absolute Gasteiger partial charge is 0.497 e. The Balaban J connectivity index is 2.70. The zero-order chi connectivity index (χ0) is 13.5. The summed E-state index contributed by atoms with van der Waals surface area (Å²) in [5.41, 5.74) is -1.34. The number of fused-ring (bicyclic) bond motifs is 1. The molecule has 1 amide bonds. The number of hydrogen-bond acceptors (Lipinski definition) is 4. The molecule has 0 fully saturated rings. The van der Waals surface area contributed by atoms with Gasteiger partial charge in [0, 0.05) is 18.2 Å². The minimum Gasteiger partial charge on any atom is -0.497 e. The maximum absolute atomic E-state index is 12.1. The summed E-state index contributed by atoms with van der Waals surface area (Å²) in [5.74, 6) is -0.100. The topological polar surface area (TPSA) is 66.8 Å². The number of ether oxygens (including phenoxy) is 1. The third kappa shape index (κ3) is 1.37. The van der Waals surface area contributed by atoms with E-state index in [9.17, 15) is 14.7 Å². The zero-order valence-electron chi connectivity index (χ0n) is 10.1. The van der Waals surface area contributed by atoms with E-state index in [4.69, 9.17) is 4.74 Å². The summed E-state index contributed by atoms with van der Waals surface area (Å²) in [6, 6.07) is 4.87. The van der Waals surface area contributed by atoms with Crippen LogP contribution in [0.5, 0.6) is 5.75 Å². The molecule has 5 heteroatoms. The van der Waals surface area contributed by atoms with Crippen molar-refractivity contribution >= 4 is 17.9 Å². The van der Waals surface area contributed by atoms with Crippen LogP contribution in [-0.2, 0) is 15.2 Å². The van der Waals surface area contributed by atoms with Crippen LogP contribution >= 0.6 is 0 Å². The molecular weight excluding hydrogens is 234 g/mol. The van der Waals surface area contributed by atoms with E-state index in [1.165, 1.54) is 25.1 Å². The van der Waals surface area contributed by atoms with Crippen molar-refractivity contribution in [3.05, 3.63) is 35.9 Å². The summed E-state index contributed by atoms with van der Waals surface area (Å²) in [4.78, 5) is 24.2. The second kappa shape index (κ2) is 3.96. The van der Waals surface area contributed by atoms with E-state index in [-0.39, 0.29) is 5.57 Å². The second-order valence-electron chi connectivity index (χ2n) is 4.10. The predicted octanol–water partition coefficient (Wildman–Crippen LogP) is 0.614. The van der Waals surface area contributed by atoms with Crippen molar-refractivity contribution in [2.45, 2.75) is 5.60 Å². The molecule has 0 saturated heterocycles. The molecule has 2 rings (SSSR count). The number of hydrogen-bond donors (Lipinski definition) is 1. The quantitative estimate of drug-likeness (QED) is 0.628. The summed E-state index contributed by atoms with van der Waals surface area (Å²) >= 11 is 0. The van der Waals surface area contributed by atoms with Crippen molar-refractivity contribution in [3.8, 4) is 5.75 Å². The fourth-order valence-corrected chi connectivity index (χ4v) is 2.09. The lowest BCUT2D eigenvalue weighted by Crippen LogP contribution is -2.40. The molecule has 1 aromatic rings. The molecule has 0 aliphatic carbocycles. The molecule has 1 aliphatic rings. The Kier molecular flexibility index (Phi) is 2.71. The molecule has 18 heavy (non-hydrogen) atoms. The van der Waals surface area contributed by atoms with Gasteiger partial charge in [-0.15, -0.1) is 0 Å². The predicted molar refractivity (Wildman–Crippen MR) is 65.5 cm³/mol. The highest BCUT2D eigenvalue weighted by Gasteiger charge is 2.50. The Labute approximate surface area is 104 Å². The van der Waals surface area contributed by atoms with Gasteiger partial charge in [-0.1, -0.05) is 6.58 Å². The number of likely N-dealkylation sites (N-methyl/N-ethyl adjacent to an activating group) is 1. The normalized spacial score (nSPS) is 21.7. The van der Waals surface area contributed by atoms with Gasteiger partial charge >= 0.3 is 0 Å². The maximum atomic E-state index is 12.1. The molecule has 1 aliphatic heterocycles. The van der Waals surface area contributed by atoms with Crippen molar-refractivity contribution in [1.29, 1.82) is 0 Å². The molecule has 0 radical (unpaired) electrons. The summed E-state index contributed by atoms with van der Waals surface area (Å²) in [5, 5.41) is 10.5. The molecule has 0 bridgehead atoms. The van der Waals surface area contributed by atoms with Crippen molar-refractivity contribution in [1.82, 2.24) is 0 Å². The molecule has 94 valence electrons. The molecule has 5 nitrogen and oxygen atoms in total. The highest BCUT2D eigenvalue weighted by Crippen LogP contribution is 2.44. The van der Waals surface area contributed by atoms with Gasteiger partial charge in [0.1, 0.15) is 12.0 Å². The molecule has 1 aromatic carbocycles. The van der Waals surface area contributed by atoms with E-state index < -0.39 is 11.5 Å². The summed E-state index contributed by atoms with van der Waals surface area (Å²) in [6.07, 6.45) is 0.389. The van der Waals surface area contributed by atoms with E-state index >= 15 is 0 Å². The van der Waals surface area contributed by atoms with Crippen LogP contribution in [-0.4, -0.2) is 31.5 Å². The number of benzene rings is 1. The summed E-state index contributed by atoms with van der Waals surface area (Å²) in [6.45, 7) is 3.46. The first kappa shape index (κ1) is 12.3. The van der Waals surface area contributed by atoms with Gasteiger partial charge < -0.3 is 14.7 Å². The van der Waals surface area contributed by atoms with E-state index in [1.807, 2.05) is 0 Å². The Morgan fingerprint density at radius 2 is 2.22 bits per heavy atom. The van der Waals surface area contributed by atoms with Crippen molar-refractivity contribution < 1.29 is 19.4 Å². The number of aliphatic hydroxyl groups is 1. The third-order valence-electron chi connectivity index (χ3n) is 3.18. The average molecular weight is 247 g/mol. The Morgan fingerprint density at radius 1 is 1.56 bits per heavy atom. The number of rotatable bonds is 3. The van der Waals surface area contributed by atoms with Gasteiger partial charge in [0.15, 0.2) is 5.60 Å². The number of amides is 1. The average Bonchev–Trinajstić information content (AvgIpc) is 2.60. The van der Waals surface area contributed by atoms with E-state index in [0.717, 1.165) is 0 Å². The number of carbonyl (C=O) groups excluding carboxylic acids is 2.